The lowest BCUT2D eigenvalue weighted by Gasteiger charge is -2.00. The van der Waals surface area contributed by atoms with Gasteiger partial charge in [0.1, 0.15) is 0 Å². The van der Waals surface area contributed by atoms with E-state index in [1.165, 1.54) is 5.56 Å². The maximum Gasteiger partial charge on any atom is 0.0595 e. The van der Waals surface area contributed by atoms with Crippen LogP contribution < -0.4 is 0 Å². The Morgan fingerprint density at radius 2 is 1.83 bits per heavy atom. The van der Waals surface area contributed by atoms with Crippen molar-refractivity contribution < 1.29 is 0 Å². The van der Waals surface area contributed by atoms with Crippen LogP contribution in [-0.2, 0) is 6.42 Å². The fourth-order valence-corrected chi connectivity index (χ4v) is 1.42. The Balaban J connectivity index is 2.69. The topological polar surface area (TPSA) is 0 Å². The van der Waals surface area contributed by atoms with Crippen LogP contribution in [0.5, 0.6) is 0 Å². The van der Waals surface area contributed by atoms with Crippen molar-refractivity contribution in [1.29, 1.82) is 0 Å². The molecule has 0 spiro atoms. The van der Waals surface area contributed by atoms with Crippen LogP contribution in [0.15, 0.2) is 18.2 Å². The van der Waals surface area contributed by atoms with E-state index in [1.807, 2.05) is 18.2 Å². The first-order valence-corrected chi connectivity index (χ1v) is 5.03. The Bertz CT molecular complexity index is 258. The van der Waals surface area contributed by atoms with Crippen LogP contribution in [0.4, 0.5) is 0 Å². The Morgan fingerprint density at radius 1 is 1.08 bits per heavy atom. The van der Waals surface area contributed by atoms with Crippen molar-refractivity contribution in [2.45, 2.75) is 12.8 Å². The summed E-state index contributed by atoms with van der Waals surface area (Å²) in [5, 5.41) is 1.22. The van der Waals surface area contributed by atoms with Gasteiger partial charge in [-0.3, -0.25) is 0 Å². The molecule has 0 fully saturated rings. The normalized spacial score (nSPS) is 10.2. The Kier molecular flexibility index (Phi) is 4.20. The molecule has 0 heterocycles. The second-order valence-corrected chi connectivity index (χ2v) is 3.73. The molecule has 0 aliphatic heterocycles. The first-order valence-electron chi connectivity index (χ1n) is 3.74. The highest BCUT2D eigenvalue weighted by Gasteiger charge is 1.98. The second-order valence-electron chi connectivity index (χ2n) is 2.54. The number of aryl methyl sites for hydroxylation is 1. The Morgan fingerprint density at radius 3 is 2.42 bits per heavy atom. The van der Waals surface area contributed by atoms with Gasteiger partial charge in [-0.1, -0.05) is 29.3 Å². The standard InChI is InChI=1S/C9H9Cl3/c10-5-1-2-7-3-4-8(11)9(12)6-7/h3-4,6H,1-2,5H2. The minimum absolute atomic E-state index is 0.603. The van der Waals surface area contributed by atoms with Gasteiger partial charge in [-0.2, -0.15) is 0 Å². The molecule has 66 valence electrons. The van der Waals surface area contributed by atoms with Gasteiger partial charge in [0, 0.05) is 5.88 Å². The van der Waals surface area contributed by atoms with Gasteiger partial charge in [-0.05, 0) is 30.5 Å². The van der Waals surface area contributed by atoms with Crippen molar-refractivity contribution in [3.05, 3.63) is 33.8 Å². The predicted molar refractivity (Wildman–Crippen MR) is 55.5 cm³/mol. The van der Waals surface area contributed by atoms with Gasteiger partial charge in [0.25, 0.3) is 0 Å². The third-order valence-corrected chi connectivity index (χ3v) is 2.59. The third kappa shape index (κ3) is 2.85. The third-order valence-electron chi connectivity index (χ3n) is 1.58. The molecule has 0 aliphatic carbocycles. The maximum absolute atomic E-state index is 5.83. The summed E-state index contributed by atoms with van der Waals surface area (Å²) in [7, 11) is 0. The molecule has 0 saturated heterocycles. The second kappa shape index (κ2) is 4.96. The summed E-state index contributed by atoms with van der Waals surface area (Å²) in [6, 6.07) is 5.67. The molecule has 0 unspecified atom stereocenters. The van der Waals surface area contributed by atoms with Crippen molar-refractivity contribution in [3.8, 4) is 0 Å². The summed E-state index contributed by atoms with van der Waals surface area (Å²) in [5.74, 6) is 0.681. The number of hydrogen-bond donors (Lipinski definition) is 0. The maximum atomic E-state index is 5.83. The molecule has 1 rings (SSSR count). The Hall–Kier alpha value is 0.0900. The van der Waals surface area contributed by atoms with E-state index in [2.05, 4.69) is 0 Å². The van der Waals surface area contributed by atoms with Crippen molar-refractivity contribution in [2.75, 3.05) is 5.88 Å². The minimum atomic E-state index is 0.603. The quantitative estimate of drug-likeness (QED) is 0.675. The molecule has 0 radical (unpaired) electrons. The molecule has 0 aromatic heterocycles. The molecule has 0 bridgehead atoms. The molecule has 0 nitrogen and oxygen atoms in total. The van der Waals surface area contributed by atoms with Gasteiger partial charge in [-0.15, -0.1) is 11.6 Å². The molecule has 0 atom stereocenters. The van der Waals surface area contributed by atoms with Crippen molar-refractivity contribution in [2.24, 2.45) is 0 Å². The van der Waals surface area contributed by atoms with E-state index in [0.29, 0.717) is 15.9 Å². The van der Waals surface area contributed by atoms with Crippen molar-refractivity contribution >= 4 is 34.8 Å². The Labute approximate surface area is 87.4 Å². The van der Waals surface area contributed by atoms with Crippen molar-refractivity contribution in [1.82, 2.24) is 0 Å². The number of halogens is 3. The lowest BCUT2D eigenvalue weighted by molar-refractivity contribution is 0.929. The van der Waals surface area contributed by atoms with E-state index in [9.17, 15) is 0 Å². The first kappa shape index (κ1) is 10.2. The van der Waals surface area contributed by atoms with Gasteiger partial charge >= 0.3 is 0 Å². The van der Waals surface area contributed by atoms with Gasteiger partial charge in [0.2, 0.25) is 0 Å². The van der Waals surface area contributed by atoms with Gasteiger partial charge < -0.3 is 0 Å². The number of rotatable bonds is 3. The molecule has 1 aromatic rings. The number of alkyl halides is 1. The lowest BCUT2D eigenvalue weighted by atomic mass is 10.1. The zero-order valence-electron chi connectivity index (χ0n) is 6.49. The fraction of sp³-hybridized carbons (Fsp3) is 0.333. The van der Waals surface area contributed by atoms with Crippen LogP contribution in [-0.4, -0.2) is 5.88 Å². The average molecular weight is 224 g/mol. The van der Waals surface area contributed by atoms with Crippen LogP contribution in [0.2, 0.25) is 10.0 Å². The van der Waals surface area contributed by atoms with Gasteiger partial charge in [-0.25, -0.2) is 0 Å². The number of hydrogen-bond acceptors (Lipinski definition) is 0. The first-order chi connectivity index (χ1) is 5.74. The highest BCUT2D eigenvalue weighted by Crippen LogP contribution is 2.23. The van der Waals surface area contributed by atoms with Gasteiger partial charge in [0.05, 0.1) is 10.0 Å². The smallest absolute Gasteiger partial charge is 0.0595 e. The molecule has 0 aliphatic rings. The van der Waals surface area contributed by atoms with E-state index in [1.54, 1.807) is 0 Å². The van der Waals surface area contributed by atoms with E-state index < -0.39 is 0 Å². The number of benzene rings is 1. The minimum Gasteiger partial charge on any atom is -0.127 e. The zero-order valence-corrected chi connectivity index (χ0v) is 8.76. The summed E-state index contributed by atoms with van der Waals surface area (Å²) in [4.78, 5) is 0. The van der Waals surface area contributed by atoms with Crippen molar-refractivity contribution in [3.63, 3.8) is 0 Å². The molecular weight excluding hydrogens is 214 g/mol. The molecule has 0 amide bonds. The molecule has 0 N–H and O–H groups in total. The summed E-state index contributed by atoms with van der Waals surface area (Å²) in [6.07, 6.45) is 1.93. The SMILES string of the molecule is ClCCCc1ccc(Cl)c(Cl)c1. The average Bonchev–Trinajstić information content (AvgIpc) is 2.07. The molecule has 1 aromatic carbocycles. The molecule has 12 heavy (non-hydrogen) atoms. The highest BCUT2D eigenvalue weighted by molar-refractivity contribution is 6.42. The van der Waals surface area contributed by atoms with Crippen LogP contribution in [0, 0.1) is 0 Å². The largest absolute Gasteiger partial charge is 0.127 e. The van der Waals surface area contributed by atoms with Gasteiger partial charge in [0.15, 0.2) is 0 Å². The zero-order chi connectivity index (χ0) is 8.97. The van der Waals surface area contributed by atoms with E-state index in [-0.39, 0.29) is 0 Å². The summed E-state index contributed by atoms with van der Waals surface area (Å²) in [5.41, 5.74) is 1.19. The highest BCUT2D eigenvalue weighted by atomic mass is 35.5. The van der Waals surface area contributed by atoms with Crippen LogP contribution in [0.3, 0.4) is 0 Å². The summed E-state index contributed by atoms with van der Waals surface area (Å²) >= 11 is 17.1. The van der Waals surface area contributed by atoms with Crippen LogP contribution in [0.25, 0.3) is 0 Å². The van der Waals surface area contributed by atoms with E-state index >= 15 is 0 Å². The monoisotopic (exact) mass is 222 g/mol. The predicted octanol–water partition coefficient (Wildman–Crippen LogP) is 4.16. The van der Waals surface area contributed by atoms with E-state index in [0.717, 1.165) is 12.8 Å². The fourth-order valence-electron chi connectivity index (χ4n) is 0.966. The molecule has 3 heteroatoms. The van der Waals surface area contributed by atoms with Crippen LogP contribution >= 0.6 is 34.8 Å². The molecule has 0 saturated carbocycles. The summed E-state index contributed by atoms with van der Waals surface area (Å²) in [6.45, 7) is 0. The molecular formula is C9H9Cl3. The van der Waals surface area contributed by atoms with Crippen LogP contribution in [0.1, 0.15) is 12.0 Å². The summed E-state index contributed by atoms with van der Waals surface area (Å²) < 4.78 is 0. The lowest BCUT2D eigenvalue weighted by Crippen LogP contribution is -1.85. The van der Waals surface area contributed by atoms with E-state index in [4.69, 9.17) is 34.8 Å².